The third-order valence-corrected chi connectivity index (χ3v) is 10.1. The van der Waals surface area contributed by atoms with Crippen molar-refractivity contribution in [3.63, 3.8) is 0 Å². The molecule has 88 valence electrons. The highest BCUT2D eigenvalue weighted by atomic mass is 28.4. The van der Waals surface area contributed by atoms with E-state index in [-0.39, 0.29) is 0 Å². The van der Waals surface area contributed by atoms with Crippen LogP contribution in [0.25, 0.3) is 0 Å². The normalized spacial score (nSPS) is 25.2. The maximum atomic E-state index is 6.34. The third kappa shape index (κ3) is 2.31. The summed E-state index contributed by atoms with van der Waals surface area (Å²) in [5.41, 5.74) is 1.97. The van der Waals surface area contributed by atoms with Crippen LogP contribution in [0, 0.1) is 0 Å². The van der Waals surface area contributed by atoms with Crippen LogP contribution in [0.1, 0.15) is 58.3 Å². The fraction of sp³-hybridized carbons (Fsp3) is 1.00. The lowest BCUT2D eigenvalue weighted by molar-refractivity contribution is 0.302. The van der Waals surface area contributed by atoms with Crippen LogP contribution in [0.2, 0.25) is 17.6 Å². The predicted molar refractivity (Wildman–Crippen MR) is 67.7 cm³/mol. The molecular formula is C13H26OSi. The molecule has 2 rings (SSSR count). The van der Waals surface area contributed by atoms with Gasteiger partial charge in [0.1, 0.15) is 0 Å². The van der Waals surface area contributed by atoms with E-state index in [0.717, 1.165) is 17.7 Å². The molecule has 2 aliphatic carbocycles. The molecule has 0 unspecified atom stereocenters. The summed E-state index contributed by atoms with van der Waals surface area (Å²) in [6, 6.07) is 0. The monoisotopic (exact) mass is 226 g/mol. The van der Waals surface area contributed by atoms with Crippen LogP contribution in [0.3, 0.4) is 0 Å². The minimum Gasteiger partial charge on any atom is -0.417 e. The molecule has 0 atom stereocenters. The van der Waals surface area contributed by atoms with E-state index in [0.29, 0.717) is 0 Å². The van der Waals surface area contributed by atoms with E-state index in [9.17, 15) is 0 Å². The van der Waals surface area contributed by atoms with Crippen molar-refractivity contribution in [3.8, 4) is 0 Å². The summed E-state index contributed by atoms with van der Waals surface area (Å²) in [4.78, 5) is 0. The van der Waals surface area contributed by atoms with Gasteiger partial charge in [-0.1, -0.05) is 51.4 Å². The van der Waals surface area contributed by atoms with Gasteiger partial charge in [0.15, 0.2) is 8.32 Å². The van der Waals surface area contributed by atoms with Crippen LogP contribution < -0.4 is 0 Å². The van der Waals surface area contributed by atoms with Gasteiger partial charge in [0.05, 0.1) is 0 Å². The van der Waals surface area contributed by atoms with Crippen LogP contribution in [0.15, 0.2) is 0 Å². The molecule has 0 aromatic heterocycles. The molecule has 2 heteroatoms. The van der Waals surface area contributed by atoms with E-state index >= 15 is 0 Å². The first-order chi connectivity index (χ1) is 7.27. The second-order valence-corrected chi connectivity index (χ2v) is 9.87. The molecule has 2 saturated carbocycles. The van der Waals surface area contributed by atoms with E-state index in [1.54, 1.807) is 0 Å². The van der Waals surface area contributed by atoms with E-state index in [4.69, 9.17) is 4.43 Å². The van der Waals surface area contributed by atoms with Crippen molar-refractivity contribution in [1.82, 2.24) is 0 Å². The van der Waals surface area contributed by atoms with Gasteiger partial charge in [-0.15, -0.1) is 0 Å². The highest BCUT2D eigenvalue weighted by Gasteiger charge is 2.46. The molecule has 0 N–H and O–H groups in total. The molecule has 0 heterocycles. The van der Waals surface area contributed by atoms with Gasteiger partial charge in [-0.2, -0.15) is 0 Å². The zero-order valence-electron chi connectivity index (χ0n) is 10.4. The molecule has 0 aliphatic heterocycles. The number of hydrogen-bond donors (Lipinski definition) is 0. The molecule has 0 bridgehead atoms. The third-order valence-electron chi connectivity index (χ3n) is 4.79. The van der Waals surface area contributed by atoms with Crippen molar-refractivity contribution >= 4 is 8.32 Å². The summed E-state index contributed by atoms with van der Waals surface area (Å²) in [5.74, 6) is 0. The topological polar surface area (TPSA) is 9.23 Å². The summed E-state index contributed by atoms with van der Waals surface area (Å²) in [6.07, 6.45) is 11.7. The average molecular weight is 226 g/mol. The van der Waals surface area contributed by atoms with Gasteiger partial charge in [-0.25, -0.2) is 0 Å². The molecule has 0 spiro atoms. The Morgan fingerprint density at radius 3 is 1.67 bits per heavy atom. The highest BCUT2D eigenvalue weighted by Crippen LogP contribution is 2.50. The van der Waals surface area contributed by atoms with Crippen molar-refractivity contribution in [3.05, 3.63) is 0 Å². The zero-order valence-corrected chi connectivity index (χ0v) is 11.4. The Morgan fingerprint density at radius 1 is 0.933 bits per heavy atom. The molecule has 0 aromatic carbocycles. The summed E-state index contributed by atoms with van der Waals surface area (Å²) in [7, 11) is -1.38. The summed E-state index contributed by atoms with van der Waals surface area (Å²) in [6.45, 7) is 5.69. The summed E-state index contributed by atoms with van der Waals surface area (Å²) in [5, 5.41) is 0. The average Bonchev–Trinajstić information content (AvgIpc) is 2.92. The largest absolute Gasteiger partial charge is 0.417 e. The lowest BCUT2D eigenvalue weighted by Gasteiger charge is -2.38. The van der Waals surface area contributed by atoms with Crippen molar-refractivity contribution < 1.29 is 4.43 Å². The molecule has 0 aromatic rings. The highest BCUT2D eigenvalue weighted by molar-refractivity contribution is 6.75. The second kappa shape index (κ2) is 5.01. The van der Waals surface area contributed by atoms with Gasteiger partial charge in [0.2, 0.25) is 0 Å². The standard InChI is InChI=1S/C13H26OSi/c1-3-14-15(2,12-8-4-5-9-12)13-10-6-7-11-13/h12-13H,3-11H2,1-2H3. The van der Waals surface area contributed by atoms with Crippen molar-refractivity contribution in [2.45, 2.75) is 75.9 Å². The van der Waals surface area contributed by atoms with Crippen molar-refractivity contribution in [2.24, 2.45) is 0 Å². The summed E-state index contributed by atoms with van der Waals surface area (Å²) < 4.78 is 6.34. The fourth-order valence-electron chi connectivity index (χ4n) is 3.88. The van der Waals surface area contributed by atoms with Crippen LogP contribution in [0.4, 0.5) is 0 Å². The molecule has 2 aliphatic rings. The van der Waals surface area contributed by atoms with E-state index in [1.165, 1.54) is 51.4 Å². The Morgan fingerprint density at radius 2 is 1.33 bits per heavy atom. The predicted octanol–water partition coefficient (Wildman–Crippen LogP) is 4.49. The van der Waals surface area contributed by atoms with Crippen LogP contribution >= 0.6 is 0 Å². The Balaban J connectivity index is 2.06. The first-order valence-electron chi connectivity index (χ1n) is 6.91. The van der Waals surface area contributed by atoms with Crippen LogP contribution in [0.5, 0.6) is 0 Å². The number of rotatable bonds is 4. The molecule has 15 heavy (non-hydrogen) atoms. The maximum absolute atomic E-state index is 6.34. The molecule has 0 radical (unpaired) electrons. The molecule has 2 fully saturated rings. The minimum absolute atomic E-state index is 0.954. The van der Waals surface area contributed by atoms with Gasteiger partial charge in [0, 0.05) is 6.61 Å². The van der Waals surface area contributed by atoms with Gasteiger partial charge in [-0.3, -0.25) is 0 Å². The second-order valence-electron chi connectivity index (χ2n) is 5.58. The number of hydrogen-bond acceptors (Lipinski definition) is 1. The van der Waals surface area contributed by atoms with E-state index < -0.39 is 8.32 Å². The van der Waals surface area contributed by atoms with Crippen molar-refractivity contribution in [1.29, 1.82) is 0 Å². The lowest BCUT2D eigenvalue weighted by atomic mass is 10.3. The van der Waals surface area contributed by atoms with Gasteiger partial charge < -0.3 is 4.43 Å². The van der Waals surface area contributed by atoms with Gasteiger partial charge >= 0.3 is 0 Å². The maximum Gasteiger partial charge on any atom is 0.195 e. The Hall–Kier alpha value is 0.177. The molecule has 0 saturated heterocycles. The van der Waals surface area contributed by atoms with Gasteiger partial charge in [0.25, 0.3) is 0 Å². The smallest absolute Gasteiger partial charge is 0.195 e. The molecule has 0 amide bonds. The van der Waals surface area contributed by atoms with Crippen molar-refractivity contribution in [2.75, 3.05) is 6.61 Å². The van der Waals surface area contributed by atoms with Gasteiger partial charge in [-0.05, 0) is 24.6 Å². The summed E-state index contributed by atoms with van der Waals surface area (Å²) >= 11 is 0. The SMILES string of the molecule is CCO[Si](C)(C1CCCC1)C1CCCC1. The van der Waals surface area contributed by atoms with E-state index in [1.807, 2.05) is 0 Å². The van der Waals surface area contributed by atoms with Crippen LogP contribution in [-0.2, 0) is 4.43 Å². The Bertz CT molecular complexity index is 177. The molecular weight excluding hydrogens is 200 g/mol. The lowest BCUT2D eigenvalue weighted by Crippen LogP contribution is -2.43. The van der Waals surface area contributed by atoms with Crippen LogP contribution in [-0.4, -0.2) is 14.9 Å². The van der Waals surface area contributed by atoms with E-state index in [2.05, 4.69) is 13.5 Å². The zero-order chi connectivity index (χ0) is 10.7. The first-order valence-corrected chi connectivity index (χ1v) is 9.47. The first kappa shape index (κ1) is 11.7. The quantitative estimate of drug-likeness (QED) is 0.642. The fourth-order valence-corrected chi connectivity index (χ4v) is 8.75. The molecule has 1 nitrogen and oxygen atoms in total. The Labute approximate surface area is 95.7 Å². The minimum atomic E-state index is -1.38. The Kier molecular flexibility index (Phi) is 3.89.